The minimum Gasteiger partial charge on any atom is -0.484 e. The van der Waals surface area contributed by atoms with Crippen LogP contribution in [0, 0.1) is 11.6 Å². The Labute approximate surface area is 143 Å². The number of piperidine rings is 1. The highest BCUT2D eigenvalue weighted by Gasteiger charge is 2.25. The molecule has 0 bridgehead atoms. The lowest BCUT2D eigenvalue weighted by Gasteiger charge is -2.32. The fraction of sp³-hybridized carbons (Fsp3) is 0.353. The monoisotopic (exact) mass is 349 g/mol. The summed E-state index contributed by atoms with van der Waals surface area (Å²) in [5, 5.41) is 0. The van der Waals surface area contributed by atoms with Gasteiger partial charge in [-0.1, -0.05) is 0 Å². The van der Waals surface area contributed by atoms with Crippen molar-refractivity contribution in [2.75, 3.05) is 19.7 Å². The molecule has 0 radical (unpaired) electrons. The van der Waals surface area contributed by atoms with Gasteiger partial charge in [0.05, 0.1) is 18.9 Å². The van der Waals surface area contributed by atoms with Crippen LogP contribution in [0.25, 0.3) is 0 Å². The van der Waals surface area contributed by atoms with Gasteiger partial charge in [0, 0.05) is 6.54 Å². The Morgan fingerprint density at radius 3 is 2.60 bits per heavy atom. The van der Waals surface area contributed by atoms with Crippen molar-refractivity contribution in [2.24, 2.45) is 0 Å². The average molecular weight is 349 g/mol. The normalized spacial score (nSPS) is 17.2. The van der Waals surface area contributed by atoms with Crippen LogP contribution in [-0.2, 0) is 4.79 Å². The van der Waals surface area contributed by atoms with Gasteiger partial charge in [0.1, 0.15) is 17.7 Å². The number of halogens is 2. The van der Waals surface area contributed by atoms with Crippen LogP contribution < -0.4 is 9.47 Å². The Kier molecular flexibility index (Phi) is 5.37. The predicted octanol–water partition coefficient (Wildman–Crippen LogP) is 2.20. The number of benzene rings is 1. The van der Waals surface area contributed by atoms with Crippen molar-refractivity contribution in [3.8, 4) is 11.8 Å². The smallest absolute Gasteiger partial charge is 0.316 e. The van der Waals surface area contributed by atoms with Crippen LogP contribution in [0.4, 0.5) is 8.78 Å². The molecule has 1 amide bonds. The molecule has 2 aromatic rings. The van der Waals surface area contributed by atoms with Gasteiger partial charge in [0.2, 0.25) is 0 Å². The molecule has 0 N–H and O–H groups in total. The molecule has 1 unspecified atom stereocenters. The van der Waals surface area contributed by atoms with Crippen LogP contribution in [0.1, 0.15) is 12.8 Å². The zero-order valence-electron chi connectivity index (χ0n) is 13.4. The summed E-state index contributed by atoms with van der Waals surface area (Å²) in [6.45, 7) is 0.855. The third kappa shape index (κ3) is 4.85. The SMILES string of the molecule is O=C(COc1ccc(F)cc1)N1CCCC(Oc2ncc(F)cn2)C1. The van der Waals surface area contributed by atoms with E-state index in [9.17, 15) is 13.6 Å². The Morgan fingerprint density at radius 1 is 1.16 bits per heavy atom. The highest BCUT2D eigenvalue weighted by atomic mass is 19.1. The summed E-state index contributed by atoms with van der Waals surface area (Å²) in [6, 6.07) is 5.57. The second-order valence-electron chi connectivity index (χ2n) is 5.65. The van der Waals surface area contributed by atoms with Crippen molar-refractivity contribution in [1.29, 1.82) is 0 Å². The molecule has 0 aliphatic carbocycles. The van der Waals surface area contributed by atoms with E-state index in [-0.39, 0.29) is 30.4 Å². The van der Waals surface area contributed by atoms with Crippen LogP contribution in [0.15, 0.2) is 36.7 Å². The van der Waals surface area contributed by atoms with Crippen molar-refractivity contribution >= 4 is 5.91 Å². The highest BCUT2D eigenvalue weighted by molar-refractivity contribution is 5.77. The third-order valence-electron chi connectivity index (χ3n) is 3.78. The number of hydrogen-bond donors (Lipinski definition) is 0. The number of carbonyl (C=O) groups is 1. The first-order chi connectivity index (χ1) is 12.1. The summed E-state index contributed by atoms with van der Waals surface area (Å²) < 4.78 is 36.6. The lowest BCUT2D eigenvalue weighted by molar-refractivity contribution is -0.136. The summed E-state index contributed by atoms with van der Waals surface area (Å²) in [5.41, 5.74) is 0. The molecule has 1 aliphatic rings. The summed E-state index contributed by atoms with van der Waals surface area (Å²) in [5.74, 6) is -0.652. The summed E-state index contributed by atoms with van der Waals surface area (Å²) in [6.07, 6.45) is 3.33. The second-order valence-corrected chi connectivity index (χ2v) is 5.65. The number of likely N-dealkylation sites (tertiary alicyclic amines) is 1. The number of carbonyl (C=O) groups excluding carboxylic acids is 1. The van der Waals surface area contributed by atoms with E-state index < -0.39 is 5.82 Å². The molecule has 1 saturated heterocycles. The highest BCUT2D eigenvalue weighted by Crippen LogP contribution is 2.16. The molecule has 132 valence electrons. The van der Waals surface area contributed by atoms with Crippen molar-refractivity contribution < 1.29 is 23.0 Å². The van der Waals surface area contributed by atoms with Gasteiger partial charge in [-0.05, 0) is 37.1 Å². The standard InChI is InChI=1S/C17H17F2N3O3/c18-12-3-5-14(6-4-12)24-11-16(23)22-7-1-2-15(10-22)25-17-20-8-13(19)9-21-17/h3-6,8-9,15H,1-2,7,10-11H2. The molecule has 1 aromatic carbocycles. The van der Waals surface area contributed by atoms with Crippen LogP contribution in [-0.4, -0.2) is 46.6 Å². The van der Waals surface area contributed by atoms with E-state index >= 15 is 0 Å². The fourth-order valence-corrected chi connectivity index (χ4v) is 2.54. The summed E-state index contributed by atoms with van der Waals surface area (Å²) in [7, 11) is 0. The average Bonchev–Trinajstić information content (AvgIpc) is 2.63. The quantitative estimate of drug-likeness (QED) is 0.828. The molecule has 2 heterocycles. The first kappa shape index (κ1) is 17.1. The summed E-state index contributed by atoms with van der Waals surface area (Å²) in [4.78, 5) is 21.4. The molecule has 25 heavy (non-hydrogen) atoms. The van der Waals surface area contributed by atoms with Gasteiger partial charge in [-0.25, -0.2) is 18.7 Å². The van der Waals surface area contributed by atoms with E-state index in [0.29, 0.717) is 18.8 Å². The maximum atomic E-state index is 12.8. The number of aromatic nitrogens is 2. The zero-order valence-corrected chi connectivity index (χ0v) is 13.4. The van der Waals surface area contributed by atoms with E-state index in [1.807, 2.05) is 0 Å². The third-order valence-corrected chi connectivity index (χ3v) is 3.78. The fourth-order valence-electron chi connectivity index (χ4n) is 2.54. The minimum absolute atomic E-state index is 0.0864. The molecule has 8 heteroatoms. The van der Waals surface area contributed by atoms with E-state index in [1.54, 1.807) is 4.90 Å². The predicted molar refractivity (Wildman–Crippen MR) is 84.1 cm³/mol. The van der Waals surface area contributed by atoms with Crippen LogP contribution in [0.5, 0.6) is 11.8 Å². The van der Waals surface area contributed by atoms with Gasteiger partial charge in [0.25, 0.3) is 5.91 Å². The van der Waals surface area contributed by atoms with Crippen molar-refractivity contribution in [1.82, 2.24) is 14.9 Å². The molecule has 1 atom stereocenters. The molecule has 1 aromatic heterocycles. The molecule has 0 spiro atoms. The van der Waals surface area contributed by atoms with E-state index in [4.69, 9.17) is 9.47 Å². The Hall–Kier alpha value is -2.77. The van der Waals surface area contributed by atoms with E-state index in [0.717, 1.165) is 25.2 Å². The molecule has 1 fully saturated rings. The van der Waals surface area contributed by atoms with Gasteiger partial charge < -0.3 is 14.4 Å². The van der Waals surface area contributed by atoms with Crippen molar-refractivity contribution in [2.45, 2.75) is 18.9 Å². The lowest BCUT2D eigenvalue weighted by atomic mass is 10.1. The largest absolute Gasteiger partial charge is 0.484 e. The van der Waals surface area contributed by atoms with Crippen LogP contribution in [0.2, 0.25) is 0 Å². The minimum atomic E-state index is -0.536. The number of amides is 1. The van der Waals surface area contributed by atoms with E-state index in [1.165, 1.54) is 24.3 Å². The van der Waals surface area contributed by atoms with Crippen molar-refractivity contribution in [3.63, 3.8) is 0 Å². The topological polar surface area (TPSA) is 64.5 Å². The molecule has 1 aliphatic heterocycles. The van der Waals surface area contributed by atoms with E-state index in [2.05, 4.69) is 9.97 Å². The van der Waals surface area contributed by atoms with Crippen molar-refractivity contribution in [3.05, 3.63) is 48.3 Å². The first-order valence-electron chi connectivity index (χ1n) is 7.90. The number of ether oxygens (including phenoxy) is 2. The molecular weight excluding hydrogens is 332 g/mol. The van der Waals surface area contributed by atoms with Crippen LogP contribution >= 0.6 is 0 Å². The van der Waals surface area contributed by atoms with Crippen LogP contribution in [0.3, 0.4) is 0 Å². The Bertz CT molecular complexity index is 710. The van der Waals surface area contributed by atoms with Gasteiger partial charge in [0.15, 0.2) is 12.4 Å². The molecule has 6 nitrogen and oxygen atoms in total. The van der Waals surface area contributed by atoms with Gasteiger partial charge in [-0.2, -0.15) is 0 Å². The van der Waals surface area contributed by atoms with Gasteiger partial charge in [-0.15, -0.1) is 0 Å². The van der Waals surface area contributed by atoms with Gasteiger partial charge in [-0.3, -0.25) is 4.79 Å². The van der Waals surface area contributed by atoms with Gasteiger partial charge >= 0.3 is 6.01 Å². The maximum Gasteiger partial charge on any atom is 0.316 e. The number of hydrogen-bond acceptors (Lipinski definition) is 5. The first-order valence-corrected chi connectivity index (χ1v) is 7.90. The molecular formula is C17H17F2N3O3. The number of nitrogens with zero attached hydrogens (tertiary/aromatic N) is 3. The zero-order chi connectivity index (χ0) is 17.6. The molecule has 3 rings (SSSR count). The second kappa shape index (κ2) is 7.87. The number of rotatable bonds is 5. The summed E-state index contributed by atoms with van der Waals surface area (Å²) >= 11 is 0. The molecule has 0 saturated carbocycles. The Morgan fingerprint density at radius 2 is 1.88 bits per heavy atom. The lowest BCUT2D eigenvalue weighted by Crippen LogP contribution is -2.46. The maximum absolute atomic E-state index is 12.8. The Balaban J connectivity index is 1.50.